The third-order valence-corrected chi connectivity index (χ3v) is 4.31. The molecule has 2 atom stereocenters. The highest BCUT2D eigenvalue weighted by atomic mass is 35.5. The second-order valence-electron chi connectivity index (χ2n) is 5.01. The van der Waals surface area contributed by atoms with Crippen molar-refractivity contribution in [3.05, 3.63) is 34.9 Å². The quantitative estimate of drug-likeness (QED) is 0.896. The molecule has 0 aliphatic heterocycles. The molecule has 1 rings (SSSR count). The van der Waals surface area contributed by atoms with E-state index in [9.17, 15) is 4.21 Å². The fourth-order valence-corrected chi connectivity index (χ4v) is 2.53. The minimum atomic E-state index is -1.07. The Bertz CT molecular complexity index is 404. The fraction of sp³-hybridized carbons (Fsp3) is 0.538. The van der Waals surface area contributed by atoms with Gasteiger partial charge in [-0.05, 0) is 44.9 Å². The van der Waals surface area contributed by atoms with Crippen molar-refractivity contribution in [2.45, 2.75) is 44.9 Å². The molecule has 0 aromatic heterocycles. The van der Waals surface area contributed by atoms with Crippen molar-refractivity contribution in [1.29, 1.82) is 0 Å². The first-order chi connectivity index (χ1) is 7.84. The summed E-state index contributed by atoms with van der Waals surface area (Å²) >= 11 is 5.97. The Morgan fingerprint density at radius 3 is 2.44 bits per heavy atom. The van der Waals surface area contributed by atoms with Crippen molar-refractivity contribution in [2.24, 2.45) is 0 Å². The van der Waals surface area contributed by atoms with E-state index in [4.69, 9.17) is 11.6 Å². The average molecular weight is 308 g/mol. The zero-order chi connectivity index (χ0) is 13.1. The van der Waals surface area contributed by atoms with E-state index in [2.05, 4.69) is 11.6 Å². The van der Waals surface area contributed by atoms with Crippen LogP contribution in [0.3, 0.4) is 0 Å². The second-order valence-corrected chi connectivity index (χ2v) is 7.45. The molecule has 0 heterocycles. The molecule has 1 aromatic rings. The first-order valence-electron chi connectivity index (χ1n) is 5.78. The van der Waals surface area contributed by atoms with Crippen LogP contribution in [0.25, 0.3) is 0 Å². The van der Waals surface area contributed by atoms with E-state index in [1.165, 1.54) is 0 Å². The standard InChI is InChI=1S/C13H20ClNOS.H2S/c1-5-12(15-17(16)13(2,3)4)10-7-6-8-11(14)9-10;/h6-9,12,15H,5H2,1-4H3;1H2/t12-,17?;/m1./s1. The minimum absolute atomic E-state index is 0. The van der Waals surface area contributed by atoms with E-state index in [-0.39, 0.29) is 24.3 Å². The fourth-order valence-electron chi connectivity index (χ4n) is 1.42. The Labute approximate surface area is 125 Å². The van der Waals surface area contributed by atoms with Gasteiger partial charge >= 0.3 is 0 Å². The van der Waals surface area contributed by atoms with Crippen LogP contribution in [0, 0.1) is 0 Å². The SMILES string of the molecule is CC[C@@H](NS(=O)C(C)(C)C)c1cccc(Cl)c1.S. The highest BCUT2D eigenvalue weighted by Gasteiger charge is 2.22. The maximum absolute atomic E-state index is 12.1. The summed E-state index contributed by atoms with van der Waals surface area (Å²) in [4.78, 5) is 0. The Hall–Kier alpha value is -0.0300. The average Bonchev–Trinajstić information content (AvgIpc) is 2.24. The third kappa shape index (κ3) is 5.31. The molecule has 18 heavy (non-hydrogen) atoms. The highest BCUT2D eigenvalue weighted by Crippen LogP contribution is 2.22. The lowest BCUT2D eigenvalue weighted by Gasteiger charge is -2.23. The van der Waals surface area contributed by atoms with Crippen LogP contribution >= 0.6 is 25.1 Å². The Balaban J connectivity index is 0.00000289. The minimum Gasteiger partial charge on any atom is -0.242 e. The predicted octanol–water partition coefficient (Wildman–Crippen LogP) is 3.96. The van der Waals surface area contributed by atoms with Crippen LogP contribution in [-0.4, -0.2) is 8.96 Å². The van der Waals surface area contributed by atoms with Crippen molar-refractivity contribution in [1.82, 2.24) is 4.72 Å². The number of hydrogen-bond acceptors (Lipinski definition) is 1. The predicted molar refractivity (Wildman–Crippen MR) is 85.9 cm³/mol. The summed E-state index contributed by atoms with van der Waals surface area (Å²) in [6, 6.07) is 7.77. The van der Waals surface area contributed by atoms with Crippen LogP contribution < -0.4 is 4.72 Å². The van der Waals surface area contributed by atoms with Crippen LogP contribution in [0.5, 0.6) is 0 Å². The highest BCUT2D eigenvalue weighted by molar-refractivity contribution is 7.84. The number of rotatable bonds is 4. The largest absolute Gasteiger partial charge is 0.242 e. The summed E-state index contributed by atoms with van der Waals surface area (Å²) in [5.41, 5.74) is 1.08. The molecule has 0 spiro atoms. The lowest BCUT2D eigenvalue weighted by Crippen LogP contribution is -2.35. The van der Waals surface area contributed by atoms with Gasteiger partial charge in [-0.15, -0.1) is 0 Å². The Morgan fingerprint density at radius 1 is 1.39 bits per heavy atom. The molecule has 1 aromatic carbocycles. The maximum atomic E-state index is 12.1. The van der Waals surface area contributed by atoms with Crippen LogP contribution in [-0.2, 0) is 11.0 Å². The van der Waals surface area contributed by atoms with Gasteiger partial charge in [0.25, 0.3) is 0 Å². The second kappa shape index (κ2) is 7.53. The van der Waals surface area contributed by atoms with Gasteiger partial charge in [-0.2, -0.15) is 13.5 Å². The van der Waals surface area contributed by atoms with Crippen LogP contribution in [0.1, 0.15) is 45.7 Å². The molecule has 1 N–H and O–H groups in total. The molecule has 0 radical (unpaired) electrons. The zero-order valence-electron chi connectivity index (χ0n) is 11.3. The van der Waals surface area contributed by atoms with Crippen LogP contribution in [0.2, 0.25) is 5.02 Å². The molecule has 0 aliphatic rings. The molecule has 0 amide bonds. The van der Waals surface area contributed by atoms with Crippen LogP contribution in [0.4, 0.5) is 0 Å². The van der Waals surface area contributed by atoms with Gasteiger partial charge in [0.15, 0.2) is 0 Å². The van der Waals surface area contributed by atoms with Crippen molar-refractivity contribution in [2.75, 3.05) is 0 Å². The van der Waals surface area contributed by atoms with Gasteiger partial charge in [0.1, 0.15) is 0 Å². The van der Waals surface area contributed by atoms with Gasteiger partial charge in [0.05, 0.1) is 15.7 Å². The van der Waals surface area contributed by atoms with E-state index >= 15 is 0 Å². The Morgan fingerprint density at radius 2 is 2.00 bits per heavy atom. The smallest absolute Gasteiger partial charge is 0.0975 e. The van der Waals surface area contributed by atoms with E-state index < -0.39 is 11.0 Å². The van der Waals surface area contributed by atoms with E-state index in [0.717, 1.165) is 12.0 Å². The topological polar surface area (TPSA) is 29.1 Å². The summed E-state index contributed by atoms with van der Waals surface area (Å²) in [5, 5.41) is 0.712. The molecule has 1 unspecified atom stereocenters. The normalized spacial score (nSPS) is 14.7. The first-order valence-corrected chi connectivity index (χ1v) is 7.31. The van der Waals surface area contributed by atoms with Gasteiger partial charge in [0.2, 0.25) is 0 Å². The molecule has 0 aliphatic carbocycles. The molecule has 0 saturated heterocycles. The molecule has 5 heteroatoms. The summed E-state index contributed by atoms with van der Waals surface area (Å²) in [5.74, 6) is 0. The summed E-state index contributed by atoms with van der Waals surface area (Å²) in [6.45, 7) is 7.95. The number of hydrogen-bond donors (Lipinski definition) is 1. The van der Waals surface area contributed by atoms with E-state index in [1.807, 2.05) is 45.0 Å². The number of halogens is 1. The number of benzene rings is 1. The van der Waals surface area contributed by atoms with Crippen molar-refractivity contribution in [3.63, 3.8) is 0 Å². The number of nitrogens with one attached hydrogen (secondary N) is 1. The van der Waals surface area contributed by atoms with Gasteiger partial charge in [0, 0.05) is 11.1 Å². The summed E-state index contributed by atoms with van der Waals surface area (Å²) in [7, 11) is -1.07. The molecular formula is C13H22ClNOS2. The lowest BCUT2D eigenvalue weighted by atomic mass is 10.1. The van der Waals surface area contributed by atoms with Crippen LogP contribution in [0.15, 0.2) is 24.3 Å². The summed E-state index contributed by atoms with van der Waals surface area (Å²) in [6.07, 6.45) is 0.877. The van der Waals surface area contributed by atoms with E-state index in [0.29, 0.717) is 5.02 Å². The zero-order valence-corrected chi connectivity index (χ0v) is 13.9. The third-order valence-electron chi connectivity index (χ3n) is 2.46. The van der Waals surface area contributed by atoms with Crippen molar-refractivity contribution < 1.29 is 4.21 Å². The Kier molecular flexibility index (Phi) is 7.52. The van der Waals surface area contributed by atoms with Gasteiger partial charge in [-0.3, -0.25) is 0 Å². The van der Waals surface area contributed by atoms with Crippen molar-refractivity contribution in [3.8, 4) is 0 Å². The van der Waals surface area contributed by atoms with Gasteiger partial charge in [-0.25, -0.2) is 8.93 Å². The molecule has 104 valence electrons. The van der Waals surface area contributed by atoms with E-state index in [1.54, 1.807) is 0 Å². The molecule has 0 bridgehead atoms. The maximum Gasteiger partial charge on any atom is 0.0975 e. The molecule has 2 nitrogen and oxygen atoms in total. The first kappa shape index (κ1) is 18.0. The molecule has 0 fully saturated rings. The monoisotopic (exact) mass is 307 g/mol. The van der Waals surface area contributed by atoms with Crippen molar-refractivity contribution >= 4 is 36.1 Å². The van der Waals surface area contributed by atoms with Gasteiger partial charge in [-0.1, -0.05) is 30.7 Å². The molecular weight excluding hydrogens is 286 g/mol. The van der Waals surface area contributed by atoms with Gasteiger partial charge < -0.3 is 0 Å². The lowest BCUT2D eigenvalue weighted by molar-refractivity contribution is 0.589. The summed E-state index contributed by atoms with van der Waals surface area (Å²) < 4.78 is 15.0. The molecule has 0 saturated carbocycles.